The van der Waals surface area contributed by atoms with E-state index in [1.54, 1.807) is 18.3 Å². The van der Waals surface area contributed by atoms with E-state index < -0.39 is 0 Å². The van der Waals surface area contributed by atoms with Gasteiger partial charge in [0.1, 0.15) is 5.75 Å². The molecule has 230 valence electrons. The number of amides is 1. The van der Waals surface area contributed by atoms with Gasteiger partial charge in [0.25, 0.3) is 0 Å². The second kappa shape index (κ2) is 20.3. The molecule has 0 fully saturated rings. The van der Waals surface area contributed by atoms with Gasteiger partial charge in [0.05, 0.1) is 11.5 Å². The van der Waals surface area contributed by atoms with Crippen LogP contribution in [0.2, 0.25) is 0 Å². The van der Waals surface area contributed by atoms with Gasteiger partial charge in [-0.05, 0) is 49.6 Å². The lowest BCUT2D eigenvalue weighted by Gasteiger charge is -2.21. The van der Waals surface area contributed by atoms with Crippen molar-refractivity contribution in [1.82, 2.24) is 0 Å². The lowest BCUT2D eigenvalue weighted by atomic mass is 10.0. The van der Waals surface area contributed by atoms with Crippen molar-refractivity contribution in [3.8, 4) is 5.75 Å². The third kappa shape index (κ3) is 13.5. The Hall–Kier alpha value is -2.66. The lowest BCUT2D eigenvalue weighted by molar-refractivity contribution is -0.683. The van der Waals surface area contributed by atoms with Crippen LogP contribution in [0.5, 0.6) is 5.75 Å². The molecule has 4 nitrogen and oxygen atoms in total. The summed E-state index contributed by atoms with van der Waals surface area (Å²) in [6, 6.07) is 16.7. The summed E-state index contributed by atoms with van der Waals surface area (Å²) in [5.74, 6) is 1.00. The Kier molecular flexibility index (Phi) is 16.3. The predicted octanol–water partition coefficient (Wildman–Crippen LogP) is 9.85. The molecule has 1 heterocycles. The van der Waals surface area contributed by atoms with Gasteiger partial charge >= 0.3 is 0 Å². The van der Waals surface area contributed by atoms with Crippen LogP contribution in [-0.4, -0.2) is 19.1 Å². The van der Waals surface area contributed by atoms with Crippen molar-refractivity contribution in [3.05, 3.63) is 76.2 Å². The normalized spacial score (nSPS) is 11.1. The van der Waals surface area contributed by atoms with Crippen molar-refractivity contribution in [2.75, 3.05) is 18.1 Å². The molecule has 0 bridgehead atoms. The van der Waals surface area contributed by atoms with Gasteiger partial charge in [-0.2, -0.15) is 4.57 Å². The van der Waals surface area contributed by atoms with Gasteiger partial charge in [-0.3, -0.25) is 4.79 Å². The van der Waals surface area contributed by atoms with Crippen molar-refractivity contribution < 1.29 is 14.1 Å². The zero-order chi connectivity index (χ0) is 29.8. The summed E-state index contributed by atoms with van der Waals surface area (Å²) in [7, 11) is 0. The fourth-order valence-electron chi connectivity index (χ4n) is 5.47. The van der Waals surface area contributed by atoms with E-state index in [1.807, 2.05) is 4.90 Å². The number of ether oxygens (including phenoxy) is 1. The zero-order valence-electron chi connectivity index (χ0n) is 26.6. The minimum absolute atomic E-state index is 0.0682. The van der Waals surface area contributed by atoms with Crippen molar-refractivity contribution in [2.24, 2.45) is 0 Å². The number of hydrogen-bond donors (Lipinski definition) is 0. The third-order valence-corrected chi connectivity index (χ3v) is 8.88. The number of thiazole rings is 1. The van der Waals surface area contributed by atoms with E-state index in [4.69, 9.17) is 4.74 Å². The van der Waals surface area contributed by atoms with Crippen molar-refractivity contribution in [3.63, 3.8) is 0 Å². The molecule has 0 N–H and O–H groups in total. The zero-order valence-corrected chi connectivity index (χ0v) is 27.4. The van der Waals surface area contributed by atoms with Crippen LogP contribution in [0, 0.1) is 6.92 Å². The Morgan fingerprint density at radius 1 is 0.762 bits per heavy atom. The maximum absolute atomic E-state index is 12.4. The molecule has 0 saturated carbocycles. The summed E-state index contributed by atoms with van der Waals surface area (Å²) >= 11 is 1.75. The predicted molar refractivity (Wildman–Crippen MR) is 179 cm³/mol. The summed E-state index contributed by atoms with van der Waals surface area (Å²) in [4.78, 5) is 15.6. The average Bonchev–Trinajstić information content (AvgIpc) is 3.40. The Labute approximate surface area is 260 Å². The number of anilines is 1. The lowest BCUT2D eigenvalue weighted by Crippen LogP contribution is -2.31. The molecule has 0 radical (unpaired) electrons. The molecule has 2 aromatic carbocycles. The highest BCUT2D eigenvalue weighted by molar-refractivity contribution is 7.09. The second-order valence-corrected chi connectivity index (χ2v) is 12.9. The second-order valence-electron chi connectivity index (χ2n) is 11.8. The topological polar surface area (TPSA) is 33.4 Å². The largest absolute Gasteiger partial charge is 0.494 e. The highest BCUT2D eigenvalue weighted by atomic mass is 32.1. The molecule has 1 amide bonds. The Morgan fingerprint density at radius 2 is 1.31 bits per heavy atom. The molecule has 0 saturated heterocycles. The first-order chi connectivity index (χ1) is 20.5. The van der Waals surface area contributed by atoms with Crippen molar-refractivity contribution in [1.29, 1.82) is 0 Å². The molecule has 0 aliphatic heterocycles. The molecule has 0 aliphatic rings. The van der Waals surface area contributed by atoms with Gasteiger partial charge in [0.2, 0.25) is 11.4 Å². The summed E-state index contributed by atoms with van der Waals surface area (Å²) in [5.41, 5.74) is 5.54. The molecule has 0 aliphatic carbocycles. The van der Waals surface area contributed by atoms with E-state index in [1.165, 1.54) is 99.5 Å². The molecule has 0 spiro atoms. The molecule has 5 heteroatoms. The van der Waals surface area contributed by atoms with E-state index >= 15 is 0 Å². The summed E-state index contributed by atoms with van der Waals surface area (Å²) in [5, 5.41) is 0. The van der Waals surface area contributed by atoms with Crippen LogP contribution < -0.4 is 14.2 Å². The molecular formula is C37H55N2O2S+. The maximum atomic E-state index is 12.4. The van der Waals surface area contributed by atoms with Crippen LogP contribution in [-0.2, 0) is 17.8 Å². The van der Waals surface area contributed by atoms with Crippen molar-refractivity contribution >= 4 is 22.9 Å². The molecule has 42 heavy (non-hydrogen) atoms. The third-order valence-electron chi connectivity index (χ3n) is 8.03. The number of benzene rings is 2. The van der Waals surface area contributed by atoms with Gasteiger partial charge in [-0.1, -0.05) is 126 Å². The number of carbonyl (C=O) groups is 1. The van der Waals surface area contributed by atoms with Crippen LogP contribution in [0.4, 0.5) is 5.69 Å². The first kappa shape index (κ1) is 33.8. The van der Waals surface area contributed by atoms with Crippen LogP contribution in [0.15, 0.2) is 60.2 Å². The first-order valence-corrected chi connectivity index (χ1v) is 17.5. The summed E-state index contributed by atoms with van der Waals surface area (Å²) < 4.78 is 8.19. The highest BCUT2D eigenvalue weighted by Gasteiger charge is 2.13. The van der Waals surface area contributed by atoms with Crippen LogP contribution in [0.1, 0.15) is 120 Å². The van der Waals surface area contributed by atoms with Gasteiger partial charge in [0, 0.05) is 24.7 Å². The summed E-state index contributed by atoms with van der Waals surface area (Å²) in [6.07, 6.45) is 22.2. The fraction of sp³-hybridized carbons (Fsp3) is 0.568. The Bertz CT molecular complexity index is 1120. The number of carbonyl (C=O) groups excluding carboxylic acids is 1. The number of unbranched alkanes of at least 4 members (excludes halogenated alkanes) is 13. The quantitative estimate of drug-likeness (QED) is 0.0860. The van der Waals surface area contributed by atoms with Gasteiger partial charge < -0.3 is 9.64 Å². The van der Waals surface area contributed by atoms with Gasteiger partial charge in [-0.15, -0.1) is 0 Å². The first-order valence-electron chi connectivity index (χ1n) is 16.6. The van der Waals surface area contributed by atoms with Gasteiger partial charge in [0.15, 0.2) is 12.7 Å². The summed E-state index contributed by atoms with van der Waals surface area (Å²) in [6.45, 7) is 8.35. The molecule has 3 aromatic rings. The average molecular weight is 592 g/mol. The smallest absolute Gasteiger partial charge is 0.225 e. The highest BCUT2D eigenvalue weighted by Crippen LogP contribution is 2.19. The SMILES string of the molecule is CCCCCCCCCCCCCCCCOc1ccc(CCN(C(C)=O)c2ccc(C[n+]3csc(C)c3)cc2)cc1. The maximum Gasteiger partial charge on any atom is 0.225 e. The number of rotatable bonds is 22. The number of aryl methyl sites for hydroxylation is 1. The number of hydrogen-bond acceptors (Lipinski definition) is 3. The van der Waals surface area contributed by atoms with E-state index in [0.29, 0.717) is 6.54 Å². The van der Waals surface area contributed by atoms with Crippen LogP contribution in [0.3, 0.4) is 0 Å². The van der Waals surface area contributed by atoms with Crippen molar-refractivity contribution in [2.45, 2.75) is 124 Å². The number of aromatic nitrogens is 1. The Balaban J connectivity index is 1.25. The number of nitrogens with zero attached hydrogens (tertiary/aromatic N) is 2. The van der Waals surface area contributed by atoms with E-state index in [9.17, 15) is 4.79 Å². The van der Waals surface area contributed by atoms with Crippen LogP contribution >= 0.6 is 11.3 Å². The minimum Gasteiger partial charge on any atom is -0.494 e. The molecule has 1 aromatic heterocycles. The van der Waals surface area contributed by atoms with Crippen LogP contribution in [0.25, 0.3) is 0 Å². The Morgan fingerprint density at radius 3 is 1.83 bits per heavy atom. The standard InChI is InChI=1S/C37H55N2O2S/c1-4-5-6-7-8-9-10-11-12-13-14-15-16-17-28-41-37-24-20-34(21-25-37)26-27-39(33(3)40)36-22-18-35(19-23-36)30-38-29-32(2)42-31-38/h18-25,29,31H,4-17,26-28,30H2,1-3H3/q+1. The minimum atomic E-state index is 0.0682. The van der Waals surface area contributed by atoms with Gasteiger partial charge in [-0.25, -0.2) is 0 Å². The fourth-order valence-corrected chi connectivity index (χ4v) is 6.10. The molecule has 0 unspecified atom stereocenters. The molecule has 3 rings (SSSR count). The monoisotopic (exact) mass is 591 g/mol. The molecular weight excluding hydrogens is 536 g/mol. The van der Waals surface area contributed by atoms with E-state index in [2.05, 4.69) is 78.7 Å². The van der Waals surface area contributed by atoms with E-state index in [0.717, 1.165) is 37.4 Å². The van der Waals surface area contributed by atoms with E-state index in [-0.39, 0.29) is 5.91 Å². The molecule has 0 atom stereocenters.